The third-order valence-corrected chi connectivity index (χ3v) is 2.33. The van der Waals surface area contributed by atoms with Crippen LogP contribution >= 0.6 is 11.3 Å². The van der Waals surface area contributed by atoms with Gasteiger partial charge in [-0.2, -0.15) is 13.2 Å². The average Bonchev–Trinajstić information content (AvgIpc) is 2.51. The van der Waals surface area contributed by atoms with Crippen molar-refractivity contribution in [3.63, 3.8) is 0 Å². The molecule has 0 aliphatic heterocycles. The molecule has 86 valence electrons. The Bertz CT molecular complexity index is 315. The monoisotopic (exact) mass is 241 g/mol. The number of rotatable bonds is 4. The van der Waals surface area contributed by atoms with E-state index in [9.17, 15) is 13.2 Å². The van der Waals surface area contributed by atoms with Gasteiger partial charge in [-0.15, -0.1) is 5.10 Å². The van der Waals surface area contributed by atoms with Crippen molar-refractivity contribution in [2.45, 2.75) is 25.7 Å². The Morgan fingerprint density at radius 3 is 2.67 bits per heavy atom. The topological polar surface area (TPSA) is 47.0 Å². The zero-order valence-corrected chi connectivity index (χ0v) is 8.95. The molecule has 1 aromatic heterocycles. The summed E-state index contributed by atoms with van der Waals surface area (Å²) < 4.78 is 40.9. The highest BCUT2D eigenvalue weighted by atomic mass is 32.1. The molecule has 15 heavy (non-hydrogen) atoms. The minimum atomic E-state index is -4.38. The summed E-state index contributed by atoms with van der Waals surface area (Å²) in [6.07, 6.45) is -6.25. The van der Waals surface area contributed by atoms with Gasteiger partial charge in [-0.3, -0.25) is 0 Å². The van der Waals surface area contributed by atoms with Gasteiger partial charge in [0.05, 0.1) is 0 Å². The van der Waals surface area contributed by atoms with Gasteiger partial charge in [0.15, 0.2) is 6.10 Å². The predicted octanol–water partition coefficient (Wildman–Crippen LogP) is 1.59. The highest BCUT2D eigenvalue weighted by Crippen LogP contribution is 2.26. The first-order valence-electron chi connectivity index (χ1n) is 4.14. The second kappa shape index (κ2) is 4.75. The Balaban J connectivity index is 2.57. The highest BCUT2D eigenvalue weighted by Gasteiger charge is 2.38. The van der Waals surface area contributed by atoms with Gasteiger partial charge in [-0.25, -0.2) is 0 Å². The lowest BCUT2D eigenvalue weighted by Gasteiger charge is -2.14. The minimum absolute atomic E-state index is 0.0647. The zero-order chi connectivity index (χ0) is 11.5. The number of halogens is 3. The van der Waals surface area contributed by atoms with Gasteiger partial charge in [0.1, 0.15) is 5.01 Å². The van der Waals surface area contributed by atoms with Gasteiger partial charge in [0.25, 0.3) is 5.19 Å². The van der Waals surface area contributed by atoms with E-state index in [0.717, 1.165) is 18.3 Å². The van der Waals surface area contributed by atoms with Crippen LogP contribution in [0.3, 0.4) is 0 Å². The van der Waals surface area contributed by atoms with Gasteiger partial charge in [-0.05, 0) is 14.0 Å². The Morgan fingerprint density at radius 1 is 1.47 bits per heavy atom. The van der Waals surface area contributed by atoms with Crippen LogP contribution in [0.5, 0.6) is 5.19 Å². The number of nitrogens with one attached hydrogen (secondary N) is 1. The Kier molecular flexibility index (Phi) is 3.86. The summed E-state index contributed by atoms with van der Waals surface area (Å²) >= 11 is 0.995. The molecule has 0 bridgehead atoms. The fourth-order valence-corrected chi connectivity index (χ4v) is 1.50. The normalized spacial score (nSPS) is 13.9. The van der Waals surface area contributed by atoms with Crippen LogP contribution in [-0.4, -0.2) is 29.5 Å². The smallest absolute Gasteiger partial charge is 0.425 e. The van der Waals surface area contributed by atoms with Crippen LogP contribution in [0.15, 0.2) is 0 Å². The predicted molar refractivity (Wildman–Crippen MR) is 48.8 cm³/mol. The molecular weight excluding hydrogens is 231 g/mol. The minimum Gasteiger partial charge on any atom is -0.456 e. The molecule has 8 heteroatoms. The van der Waals surface area contributed by atoms with Crippen LogP contribution in [0.2, 0.25) is 0 Å². The maximum atomic E-state index is 12.1. The summed E-state index contributed by atoms with van der Waals surface area (Å²) in [7, 11) is 1.71. The van der Waals surface area contributed by atoms with Gasteiger partial charge < -0.3 is 10.1 Å². The largest absolute Gasteiger partial charge is 0.456 e. The molecule has 0 saturated carbocycles. The van der Waals surface area contributed by atoms with E-state index in [1.807, 2.05) is 0 Å². The SMILES string of the molecule is CNCc1nnc(OC(C)C(F)(F)F)s1. The molecule has 0 fully saturated rings. The van der Waals surface area contributed by atoms with Crippen molar-refractivity contribution in [2.75, 3.05) is 7.05 Å². The summed E-state index contributed by atoms with van der Waals surface area (Å²) in [4.78, 5) is 0. The van der Waals surface area contributed by atoms with Crippen molar-refractivity contribution < 1.29 is 17.9 Å². The molecule has 1 N–H and O–H groups in total. The summed E-state index contributed by atoms with van der Waals surface area (Å²) in [5, 5.41) is 10.5. The molecule has 0 aliphatic carbocycles. The van der Waals surface area contributed by atoms with E-state index < -0.39 is 12.3 Å². The maximum absolute atomic E-state index is 12.1. The van der Waals surface area contributed by atoms with Crippen LogP contribution in [-0.2, 0) is 6.54 Å². The number of hydrogen-bond donors (Lipinski definition) is 1. The summed E-state index contributed by atoms with van der Waals surface area (Å²) in [5.74, 6) is 0. The lowest BCUT2D eigenvalue weighted by molar-refractivity contribution is -0.189. The average molecular weight is 241 g/mol. The second-order valence-electron chi connectivity index (χ2n) is 2.79. The van der Waals surface area contributed by atoms with Gasteiger partial charge >= 0.3 is 6.18 Å². The Hall–Kier alpha value is -0.890. The molecule has 4 nitrogen and oxygen atoms in total. The van der Waals surface area contributed by atoms with Gasteiger partial charge in [0.2, 0.25) is 0 Å². The van der Waals surface area contributed by atoms with Crippen LogP contribution in [0.1, 0.15) is 11.9 Å². The fourth-order valence-electron chi connectivity index (χ4n) is 0.727. The highest BCUT2D eigenvalue weighted by molar-refractivity contribution is 7.13. The number of hydrogen-bond acceptors (Lipinski definition) is 5. The summed E-state index contributed by atoms with van der Waals surface area (Å²) in [6, 6.07) is 0. The lowest BCUT2D eigenvalue weighted by atomic mass is 10.4. The van der Waals surface area contributed by atoms with E-state index in [0.29, 0.717) is 11.6 Å². The van der Waals surface area contributed by atoms with E-state index >= 15 is 0 Å². The first-order chi connectivity index (χ1) is 6.93. The molecule has 0 amide bonds. The molecule has 1 unspecified atom stereocenters. The van der Waals surface area contributed by atoms with Crippen molar-refractivity contribution in [2.24, 2.45) is 0 Å². The van der Waals surface area contributed by atoms with Crippen LogP contribution in [0.4, 0.5) is 13.2 Å². The van der Waals surface area contributed by atoms with Crippen molar-refractivity contribution in [1.82, 2.24) is 15.5 Å². The van der Waals surface area contributed by atoms with Crippen molar-refractivity contribution in [1.29, 1.82) is 0 Å². The van der Waals surface area contributed by atoms with E-state index in [2.05, 4.69) is 20.3 Å². The molecule has 0 radical (unpaired) electrons. The molecule has 0 aromatic carbocycles. The van der Waals surface area contributed by atoms with E-state index in [-0.39, 0.29) is 5.19 Å². The number of ether oxygens (including phenoxy) is 1. The van der Waals surface area contributed by atoms with Gasteiger partial charge in [-0.1, -0.05) is 16.4 Å². The third kappa shape index (κ3) is 3.63. The molecule has 1 aromatic rings. The van der Waals surface area contributed by atoms with Crippen LogP contribution in [0, 0.1) is 0 Å². The molecule has 1 atom stereocenters. The molecule has 1 rings (SSSR count). The first-order valence-corrected chi connectivity index (χ1v) is 4.95. The van der Waals surface area contributed by atoms with E-state index in [4.69, 9.17) is 0 Å². The number of nitrogens with zero attached hydrogens (tertiary/aromatic N) is 2. The van der Waals surface area contributed by atoms with E-state index in [1.54, 1.807) is 7.05 Å². The van der Waals surface area contributed by atoms with Crippen molar-refractivity contribution >= 4 is 11.3 Å². The summed E-state index contributed by atoms with van der Waals surface area (Å²) in [6.45, 7) is 1.39. The van der Waals surface area contributed by atoms with Crippen LogP contribution < -0.4 is 10.1 Å². The van der Waals surface area contributed by atoms with Crippen molar-refractivity contribution in [3.8, 4) is 5.19 Å². The molecular formula is C7H10F3N3OS. The quantitative estimate of drug-likeness (QED) is 0.869. The van der Waals surface area contributed by atoms with E-state index in [1.165, 1.54) is 0 Å². The molecule has 0 aliphatic rings. The maximum Gasteiger partial charge on any atom is 0.425 e. The lowest BCUT2D eigenvalue weighted by Crippen LogP contribution is -2.31. The van der Waals surface area contributed by atoms with Crippen molar-refractivity contribution in [3.05, 3.63) is 5.01 Å². The number of aromatic nitrogens is 2. The third-order valence-electron chi connectivity index (χ3n) is 1.51. The second-order valence-corrected chi connectivity index (χ2v) is 3.82. The first kappa shape index (κ1) is 12.2. The fraction of sp³-hybridized carbons (Fsp3) is 0.714. The standard InChI is InChI=1S/C7H10F3N3OS/c1-4(7(8,9)10)14-6-13-12-5(15-6)3-11-2/h4,11H,3H2,1-2H3. The zero-order valence-electron chi connectivity index (χ0n) is 8.13. The molecule has 0 spiro atoms. The Labute approximate surface area is 88.5 Å². The van der Waals surface area contributed by atoms with Gasteiger partial charge in [0, 0.05) is 6.54 Å². The Morgan fingerprint density at radius 2 is 2.13 bits per heavy atom. The molecule has 1 heterocycles. The number of alkyl halides is 3. The summed E-state index contributed by atoms with van der Waals surface area (Å²) in [5.41, 5.74) is 0. The molecule has 0 saturated heterocycles. The van der Waals surface area contributed by atoms with Crippen LogP contribution in [0.25, 0.3) is 0 Å².